The molecule has 0 spiro atoms. The van der Waals surface area contributed by atoms with Gasteiger partial charge in [0, 0.05) is 25.7 Å². The zero-order valence-corrected chi connectivity index (χ0v) is 7.71. The Labute approximate surface area is 74.5 Å². The molecule has 0 unspecified atom stereocenters. The molecular formula is C9H20N2O. The van der Waals surface area contributed by atoms with Crippen LogP contribution in [0.5, 0.6) is 0 Å². The number of hydrogen-bond donors (Lipinski definition) is 2. The Bertz CT molecular complexity index is 113. The molecule has 0 bridgehead atoms. The van der Waals surface area contributed by atoms with Crippen molar-refractivity contribution in [1.82, 2.24) is 4.90 Å². The van der Waals surface area contributed by atoms with Gasteiger partial charge in [-0.2, -0.15) is 0 Å². The largest absolute Gasteiger partial charge is 0.396 e. The summed E-state index contributed by atoms with van der Waals surface area (Å²) in [4.78, 5) is 2.39. The minimum Gasteiger partial charge on any atom is -0.396 e. The van der Waals surface area contributed by atoms with Crippen LogP contribution in [-0.2, 0) is 0 Å². The second kappa shape index (κ2) is 5.51. The number of hydrogen-bond acceptors (Lipinski definition) is 3. The average molecular weight is 172 g/mol. The highest BCUT2D eigenvalue weighted by atomic mass is 16.2. The number of nitrogens with zero attached hydrogens (tertiary/aromatic N) is 1. The van der Waals surface area contributed by atoms with E-state index in [-0.39, 0.29) is 0 Å². The fourth-order valence-electron chi connectivity index (χ4n) is 1.59. The average Bonchev–Trinajstić information content (AvgIpc) is 2.00. The van der Waals surface area contributed by atoms with E-state index in [2.05, 4.69) is 4.90 Å². The maximum Gasteiger partial charge on any atom is 0.0431 e. The quantitative estimate of drug-likeness (QED) is 0.562. The fourth-order valence-corrected chi connectivity index (χ4v) is 1.59. The van der Waals surface area contributed by atoms with Crippen molar-refractivity contribution >= 4 is 0 Å². The molecule has 72 valence electrons. The Balaban J connectivity index is 1.77. The summed E-state index contributed by atoms with van der Waals surface area (Å²) in [6.07, 6.45) is 4.62. The first kappa shape index (κ1) is 9.96. The number of unbranched alkanes of at least 4 members (excludes halogenated alkanes) is 3. The van der Waals surface area contributed by atoms with Crippen molar-refractivity contribution < 1.29 is 5.11 Å². The number of aliphatic hydroxyl groups is 1. The Hall–Kier alpha value is -0.120. The maximum absolute atomic E-state index is 8.54. The molecule has 1 aliphatic rings. The van der Waals surface area contributed by atoms with Crippen molar-refractivity contribution in [2.45, 2.75) is 31.7 Å². The van der Waals surface area contributed by atoms with Gasteiger partial charge in [0.05, 0.1) is 0 Å². The van der Waals surface area contributed by atoms with E-state index in [0.29, 0.717) is 12.6 Å². The Morgan fingerprint density at radius 2 is 1.83 bits per heavy atom. The Morgan fingerprint density at radius 1 is 1.17 bits per heavy atom. The van der Waals surface area contributed by atoms with E-state index in [0.717, 1.165) is 25.9 Å². The van der Waals surface area contributed by atoms with Gasteiger partial charge in [-0.15, -0.1) is 0 Å². The summed E-state index contributed by atoms with van der Waals surface area (Å²) in [5.74, 6) is 0. The summed E-state index contributed by atoms with van der Waals surface area (Å²) < 4.78 is 0. The molecule has 12 heavy (non-hydrogen) atoms. The molecule has 0 saturated carbocycles. The van der Waals surface area contributed by atoms with Gasteiger partial charge in [-0.1, -0.05) is 12.8 Å². The van der Waals surface area contributed by atoms with Crippen LogP contribution in [0, 0.1) is 0 Å². The third-order valence-electron chi connectivity index (χ3n) is 2.37. The van der Waals surface area contributed by atoms with Crippen LogP contribution in [-0.4, -0.2) is 42.3 Å². The first-order valence-corrected chi connectivity index (χ1v) is 4.91. The fraction of sp³-hybridized carbons (Fsp3) is 1.00. The summed E-state index contributed by atoms with van der Waals surface area (Å²) in [5, 5.41) is 8.54. The van der Waals surface area contributed by atoms with E-state index in [1.807, 2.05) is 0 Å². The lowest BCUT2D eigenvalue weighted by Gasteiger charge is -2.36. The molecule has 0 radical (unpaired) electrons. The molecule has 3 nitrogen and oxygen atoms in total. The molecule has 1 saturated heterocycles. The highest BCUT2D eigenvalue weighted by Crippen LogP contribution is 2.08. The minimum absolute atomic E-state index is 0.342. The van der Waals surface area contributed by atoms with Crippen LogP contribution < -0.4 is 5.73 Å². The lowest BCUT2D eigenvalue weighted by atomic mass is 10.1. The summed E-state index contributed by atoms with van der Waals surface area (Å²) >= 11 is 0. The summed E-state index contributed by atoms with van der Waals surface area (Å²) in [5.41, 5.74) is 5.65. The van der Waals surface area contributed by atoms with Crippen molar-refractivity contribution in [3.63, 3.8) is 0 Å². The highest BCUT2D eigenvalue weighted by Gasteiger charge is 2.21. The molecule has 1 heterocycles. The molecule has 0 aliphatic carbocycles. The maximum atomic E-state index is 8.54. The van der Waals surface area contributed by atoms with Gasteiger partial charge in [-0.25, -0.2) is 0 Å². The minimum atomic E-state index is 0.342. The number of aliphatic hydroxyl groups excluding tert-OH is 1. The second-order valence-electron chi connectivity index (χ2n) is 3.66. The summed E-state index contributed by atoms with van der Waals surface area (Å²) in [6, 6.07) is 0.433. The molecule has 0 aromatic rings. The molecular weight excluding hydrogens is 152 g/mol. The summed E-state index contributed by atoms with van der Waals surface area (Å²) in [7, 11) is 0. The van der Waals surface area contributed by atoms with E-state index >= 15 is 0 Å². The van der Waals surface area contributed by atoms with Crippen molar-refractivity contribution in [1.29, 1.82) is 0 Å². The van der Waals surface area contributed by atoms with Gasteiger partial charge in [0.2, 0.25) is 0 Å². The molecule has 0 aromatic carbocycles. The molecule has 1 aliphatic heterocycles. The molecule has 0 amide bonds. The monoisotopic (exact) mass is 172 g/mol. The first-order valence-electron chi connectivity index (χ1n) is 4.91. The second-order valence-corrected chi connectivity index (χ2v) is 3.66. The van der Waals surface area contributed by atoms with E-state index in [1.54, 1.807) is 0 Å². The molecule has 1 rings (SSSR count). The third kappa shape index (κ3) is 3.52. The SMILES string of the molecule is NC1CN(CCCCCCO)C1. The highest BCUT2D eigenvalue weighted by molar-refractivity contribution is 4.81. The normalized spacial score (nSPS) is 19.5. The number of likely N-dealkylation sites (tertiary alicyclic amines) is 1. The van der Waals surface area contributed by atoms with E-state index in [4.69, 9.17) is 10.8 Å². The Morgan fingerprint density at radius 3 is 2.42 bits per heavy atom. The van der Waals surface area contributed by atoms with Crippen LogP contribution in [0.15, 0.2) is 0 Å². The first-order chi connectivity index (χ1) is 5.83. The van der Waals surface area contributed by atoms with Crippen molar-refractivity contribution in [2.24, 2.45) is 5.73 Å². The third-order valence-corrected chi connectivity index (χ3v) is 2.37. The van der Waals surface area contributed by atoms with E-state index in [1.165, 1.54) is 19.4 Å². The van der Waals surface area contributed by atoms with Crippen LogP contribution in [0.25, 0.3) is 0 Å². The smallest absolute Gasteiger partial charge is 0.0431 e. The Kier molecular flexibility index (Phi) is 4.58. The zero-order chi connectivity index (χ0) is 8.81. The predicted octanol–water partition coefficient (Wildman–Crippen LogP) is 0.182. The van der Waals surface area contributed by atoms with Crippen LogP contribution in [0.1, 0.15) is 25.7 Å². The van der Waals surface area contributed by atoms with Crippen LogP contribution in [0.3, 0.4) is 0 Å². The van der Waals surface area contributed by atoms with Crippen molar-refractivity contribution in [2.75, 3.05) is 26.2 Å². The lowest BCUT2D eigenvalue weighted by molar-refractivity contribution is 0.147. The van der Waals surface area contributed by atoms with Gasteiger partial charge in [0.15, 0.2) is 0 Å². The van der Waals surface area contributed by atoms with Gasteiger partial charge in [0.25, 0.3) is 0 Å². The predicted molar refractivity (Wildman–Crippen MR) is 50.0 cm³/mol. The van der Waals surface area contributed by atoms with Crippen LogP contribution in [0.4, 0.5) is 0 Å². The molecule has 3 heteroatoms. The number of nitrogens with two attached hydrogens (primary N) is 1. The topological polar surface area (TPSA) is 49.5 Å². The number of rotatable bonds is 6. The van der Waals surface area contributed by atoms with Gasteiger partial charge < -0.3 is 15.7 Å². The molecule has 1 fully saturated rings. The van der Waals surface area contributed by atoms with E-state index < -0.39 is 0 Å². The van der Waals surface area contributed by atoms with Crippen LogP contribution >= 0.6 is 0 Å². The lowest BCUT2D eigenvalue weighted by Crippen LogP contribution is -2.55. The van der Waals surface area contributed by atoms with Gasteiger partial charge >= 0.3 is 0 Å². The van der Waals surface area contributed by atoms with Crippen molar-refractivity contribution in [3.05, 3.63) is 0 Å². The standard InChI is InChI=1S/C9H20N2O/c10-9-7-11(8-9)5-3-1-2-4-6-12/h9,12H,1-8,10H2. The summed E-state index contributed by atoms with van der Waals surface area (Å²) in [6.45, 7) is 3.70. The molecule has 0 aromatic heterocycles. The molecule has 0 atom stereocenters. The van der Waals surface area contributed by atoms with E-state index in [9.17, 15) is 0 Å². The zero-order valence-electron chi connectivity index (χ0n) is 7.71. The van der Waals surface area contributed by atoms with Gasteiger partial charge in [0.1, 0.15) is 0 Å². The van der Waals surface area contributed by atoms with Crippen molar-refractivity contribution in [3.8, 4) is 0 Å². The van der Waals surface area contributed by atoms with Gasteiger partial charge in [-0.3, -0.25) is 0 Å². The van der Waals surface area contributed by atoms with Gasteiger partial charge in [-0.05, 0) is 19.4 Å². The van der Waals surface area contributed by atoms with Crippen LogP contribution in [0.2, 0.25) is 0 Å². The molecule has 3 N–H and O–H groups in total.